The normalized spacial score (nSPS) is 19.1. The van der Waals surface area contributed by atoms with Crippen molar-refractivity contribution in [1.29, 1.82) is 0 Å². The molecular formula is C16H24FNO2. The average Bonchev–Trinajstić information content (AvgIpc) is 2.42. The molecular weight excluding hydrogens is 257 g/mol. The summed E-state index contributed by atoms with van der Waals surface area (Å²) in [5.74, 6) is 0.858. The van der Waals surface area contributed by atoms with Crippen LogP contribution in [0.25, 0.3) is 0 Å². The molecule has 0 amide bonds. The molecule has 0 bridgehead atoms. The number of methoxy groups -OCH3 is 1. The van der Waals surface area contributed by atoms with E-state index in [0.717, 1.165) is 13.0 Å². The van der Waals surface area contributed by atoms with Gasteiger partial charge >= 0.3 is 0 Å². The van der Waals surface area contributed by atoms with Crippen molar-refractivity contribution in [3.8, 4) is 11.5 Å². The van der Waals surface area contributed by atoms with Gasteiger partial charge in [0.25, 0.3) is 0 Å². The number of ether oxygens (including phenoxy) is 2. The van der Waals surface area contributed by atoms with Crippen LogP contribution in [-0.2, 0) is 6.42 Å². The lowest BCUT2D eigenvalue weighted by Gasteiger charge is -2.24. The van der Waals surface area contributed by atoms with Crippen molar-refractivity contribution < 1.29 is 13.9 Å². The van der Waals surface area contributed by atoms with Crippen LogP contribution in [0.2, 0.25) is 0 Å². The number of piperidine rings is 1. The molecule has 1 atom stereocenters. The molecule has 1 aliphatic rings. The SMILES string of the molecule is COc1cc(F)c(CC2CCCCN2)cc1OC(C)C. The second-order valence-corrected chi connectivity index (χ2v) is 5.61. The topological polar surface area (TPSA) is 30.5 Å². The highest BCUT2D eigenvalue weighted by molar-refractivity contribution is 5.44. The number of hydrogen-bond acceptors (Lipinski definition) is 3. The van der Waals surface area contributed by atoms with E-state index in [1.165, 1.54) is 26.0 Å². The van der Waals surface area contributed by atoms with Crippen LogP contribution in [0.4, 0.5) is 4.39 Å². The molecule has 1 N–H and O–H groups in total. The summed E-state index contributed by atoms with van der Waals surface area (Å²) in [5, 5.41) is 3.44. The fourth-order valence-electron chi connectivity index (χ4n) is 2.60. The van der Waals surface area contributed by atoms with E-state index in [1.54, 1.807) is 6.07 Å². The van der Waals surface area contributed by atoms with E-state index in [9.17, 15) is 4.39 Å². The lowest BCUT2D eigenvalue weighted by Crippen LogP contribution is -2.35. The number of rotatable bonds is 5. The molecule has 1 saturated heterocycles. The molecule has 2 rings (SSSR count). The van der Waals surface area contributed by atoms with Crippen LogP contribution in [0.5, 0.6) is 11.5 Å². The first-order chi connectivity index (χ1) is 9.60. The Kier molecular flexibility index (Phi) is 5.24. The number of benzene rings is 1. The first-order valence-electron chi connectivity index (χ1n) is 7.36. The van der Waals surface area contributed by atoms with E-state index in [1.807, 2.05) is 13.8 Å². The average molecular weight is 281 g/mol. The van der Waals surface area contributed by atoms with Crippen molar-refractivity contribution in [3.63, 3.8) is 0 Å². The van der Waals surface area contributed by atoms with Gasteiger partial charge in [-0.05, 0) is 51.3 Å². The van der Waals surface area contributed by atoms with E-state index < -0.39 is 0 Å². The van der Waals surface area contributed by atoms with Crippen LogP contribution in [0, 0.1) is 5.82 Å². The highest BCUT2D eigenvalue weighted by atomic mass is 19.1. The van der Waals surface area contributed by atoms with Crippen molar-refractivity contribution in [1.82, 2.24) is 5.32 Å². The smallest absolute Gasteiger partial charge is 0.163 e. The maximum atomic E-state index is 14.1. The number of hydrogen-bond donors (Lipinski definition) is 1. The standard InChI is InChI=1S/C16H24FNO2/c1-11(2)20-16-9-12(14(17)10-15(16)19-3)8-13-6-4-5-7-18-13/h9-11,13,18H,4-8H2,1-3H3. The van der Waals surface area contributed by atoms with Crippen LogP contribution in [-0.4, -0.2) is 25.8 Å². The summed E-state index contributed by atoms with van der Waals surface area (Å²) in [6, 6.07) is 3.57. The molecule has 0 spiro atoms. The monoisotopic (exact) mass is 281 g/mol. The van der Waals surface area contributed by atoms with Gasteiger partial charge in [-0.1, -0.05) is 6.42 Å². The van der Waals surface area contributed by atoms with E-state index >= 15 is 0 Å². The first kappa shape index (κ1) is 15.1. The first-order valence-corrected chi connectivity index (χ1v) is 7.36. The quantitative estimate of drug-likeness (QED) is 0.898. The zero-order chi connectivity index (χ0) is 14.5. The van der Waals surface area contributed by atoms with Crippen molar-refractivity contribution in [2.75, 3.05) is 13.7 Å². The van der Waals surface area contributed by atoms with Gasteiger partial charge in [0, 0.05) is 12.1 Å². The third kappa shape index (κ3) is 3.85. The second kappa shape index (κ2) is 6.93. The lowest BCUT2D eigenvalue weighted by atomic mass is 9.97. The summed E-state index contributed by atoms with van der Waals surface area (Å²) in [7, 11) is 1.53. The molecule has 0 aliphatic carbocycles. The van der Waals surface area contributed by atoms with Crippen LogP contribution in [0.3, 0.4) is 0 Å². The largest absolute Gasteiger partial charge is 0.493 e. The molecule has 1 heterocycles. The van der Waals surface area contributed by atoms with Crippen molar-refractivity contribution in [2.24, 2.45) is 0 Å². The van der Waals surface area contributed by atoms with Gasteiger partial charge in [-0.15, -0.1) is 0 Å². The Bertz CT molecular complexity index is 442. The van der Waals surface area contributed by atoms with Gasteiger partial charge in [0.2, 0.25) is 0 Å². The molecule has 1 aromatic carbocycles. The highest BCUT2D eigenvalue weighted by Crippen LogP contribution is 2.32. The van der Waals surface area contributed by atoms with Gasteiger partial charge in [-0.2, -0.15) is 0 Å². The third-order valence-corrected chi connectivity index (χ3v) is 3.57. The van der Waals surface area contributed by atoms with Crippen molar-refractivity contribution in [3.05, 3.63) is 23.5 Å². The van der Waals surface area contributed by atoms with Crippen molar-refractivity contribution in [2.45, 2.75) is 51.7 Å². The van der Waals surface area contributed by atoms with E-state index in [4.69, 9.17) is 9.47 Å². The Hall–Kier alpha value is -1.29. The maximum absolute atomic E-state index is 14.1. The Morgan fingerprint density at radius 1 is 1.30 bits per heavy atom. The molecule has 1 aromatic rings. The predicted octanol–water partition coefficient (Wildman–Crippen LogP) is 3.31. The van der Waals surface area contributed by atoms with Crippen molar-refractivity contribution >= 4 is 0 Å². The molecule has 3 nitrogen and oxygen atoms in total. The second-order valence-electron chi connectivity index (χ2n) is 5.61. The van der Waals surface area contributed by atoms with E-state index in [2.05, 4.69) is 5.32 Å². The van der Waals surface area contributed by atoms with Crippen LogP contribution in [0.15, 0.2) is 12.1 Å². The van der Waals surface area contributed by atoms with E-state index in [-0.39, 0.29) is 11.9 Å². The third-order valence-electron chi connectivity index (χ3n) is 3.57. The molecule has 1 unspecified atom stereocenters. The maximum Gasteiger partial charge on any atom is 0.163 e. The van der Waals surface area contributed by atoms with Gasteiger partial charge in [-0.3, -0.25) is 0 Å². The fraction of sp³-hybridized carbons (Fsp3) is 0.625. The Morgan fingerprint density at radius 2 is 2.10 bits per heavy atom. The van der Waals surface area contributed by atoms with Gasteiger partial charge in [0.1, 0.15) is 5.82 Å². The summed E-state index contributed by atoms with van der Waals surface area (Å²) < 4.78 is 25.0. The zero-order valence-corrected chi connectivity index (χ0v) is 12.5. The molecule has 4 heteroatoms. The minimum atomic E-state index is -0.217. The summed E-state index contributed by atoms with van der Waals surface area (Å²) in [6.07, 6.45) is 4.26. The molecule has 20 heavy (non-hydrogen) atoms. The Labute approximate surface area is 120 Å². The Balaban J connectivity index is 2.18. The lowest BCUT2D eigenvalue weighted by molar-refractivity contribution is 0.229. The molecule has 0 radical (unpaired) electrons. The number of nitrogens with one attached hydrogen (secondary N) is 1. The van der Waals surface area contributed by atoms with Crippen LogP contribution >= 0.6 is 0 Å². The summed E-state index contributed by atoms with van der Waals surface area (Å²) >= 11 is 0. The van der Waals surface area contributed by atoms with E-state index in [0.29, 0.717) is 29.5 Å². The summed E-state index contributed by atoms with van der Waals surface area (Å²) in [5.41, 5.74) is 0.695. The molecule has 112 valence electrons. The summed E-state index contributed by atoms with van der Waals surface area (Å²) in [6.45, 7) is 4.92. The van der Waals surface area contributed by atoms with Gasteiger partial charge in [0.15, 0.2) is 11.5 Å². The zero-order valence-electron chi connectivity index (χ0n) is 12.5. The van der Waals surface area contributed by atoms with Crippen LogP contribution < -0.4 is 14.8 Å². The molecule has 1 fully saturated rings. The Morgan fingerprint density at radius 3 is 2.70 bits per heavy atom. The van der Waals surface area contributed by atoms with Gasteiger partial charge in [-0.25, -0.2) is 4.39 Å². The predicted molar refractivity (Wildman–Crippen MR) is 78.1 cm³/mol. The minimum absolute atomic E-state index is 0.0371. The summed E-state index contributed by atoms with van der Waals surface area (Å²) in [4.78, 5) is 0. The van der Waals surface area contributed by atoms with Gasteiger partial charge < -0.3 is 14.8 Å². The molecule has 0 aromatic heterocycles. The highest BCUT2D eigenvalue weighted by Gasteiger charge is 2.18. The fourth-order valence-corrected chi connectivity index (χ4v) is 2.60. The minimum Gasteiger partial charge on any atom is -0.493 e. The number of halogens is 1. The van der Waals surface area contributed by atoms with Gasteiger partial charge in [0.05, 0.1) is 13.2 Å². The van der Waals surface area contributed by atoms with Crippen LogP contribution in [0.1, 0.15) is 38.7 Å². The molecule has 0 saturated carbocycles. The molecule has 1 aliphatic heterocycles.